The first-order valence-electron chi connectivity index (χ1n) is 3.45. The summed E-state index contributed by atoms with van der Waals surface area (Å²) in [6.07, 6.45) is 0. The standard InChI is InChI=1S/C9H8Cl2S/c10-6-9(7-11)12-8-4-2-1-3-5-8/h1-6H,7H2/b9-6+. The molecule has 3 heteroatoms. The molecule has 0 fully saturated rings. The van der Waals surface area contributed by atoms with Crippen LogP contribution in [0.5, 0.6) is 0 Å². The Kier molecular flexibility index (Phi) is 4.59. The van der Waals surface area contributed by atoms with Crippen LogP contribution in [0.1, 0.15) is 0 Å². The molecule has 0 bridgehead atoms. The SMILES string of the molecule is Cl/C=C(\CCl)Sc1ccccc1. The van der Waals surface area contributed by atoms with Crippen LogP contribution >= 0.6 is 35.0 Å². The van der Waals surface area contributed by atoms with Gasteiger partial charge in [-0.25, -0.2) is 0 Å². The van der Waals surface area contributed by atoms with Crippen LogP contribution in [-0.4, -0.2) is 5.88 Å². The number of thioether (sulfide) groups is 1. The summed E-state index contributed by atoms with van der Waals surface area (Å²) >= 11 is 12.8. The molecule has 0 aliphatic carbocycles. The summed E-state index contributed by atoms with van der Waals surface area (Å²) in [5.74, 6) is 0.461. The zero-order valence-corrected chi connectivity index (χ0v) is 8.66. The fourth-order valence-corrected chi connectivity index (χ4v) is 1.94. The Balaban J connectivity index is 2.64. The molecule has 1 rings (SSSR count). The molecule has 1 aromatic rings. The second-order valence-electron chi connectivity index (χ2n) is 2.12. The van der Waals surface area contributed by atoms with Crippen LogP contribution in [0.4, 0.5) is 0 Å². The van der Waals surface area contributed by atoms with Crippen molar-refractivity contribution < 1.29 is 0 Å². The van der Waals surface area contributed by atoms with Gasteiger partial charge in [-0.15, -0.1) is 11.6 Å². The molecule has 1 aromatic carbocycles. The highest BCUT2D eigenvalue weighted by atomic mass is 35.5. The highest BCUT2D eigenvalue weighted by Crippen LogP contribution is 2.27. The number of hydrogen-bond donors (Lipinski definition) is 0. The zero-order valence-electron chi connectivity index (χ0n) is 6.34. The quantitative estimate of drug-likeness (QED) is 0.544. The van der Waals surface area contributed by atoms with Gasteiger partial charge in [0.15, 0.2) is 0 Å². The molecule has 64 valence electrons. The van der Waals surface area contributed by atoms with E-state index in [1.54, 1.807) is 11.8 Å². The van der Waals surface area contributed by atoms with Gasteiger partial charge in [0.2, 0.25) is 0 Å². The van der Waals surface area contributed by atoms with Gasteiger partial charge in [-0.05, 0) is 12.1 Å². The van der Waals surface area contributed by atoms with Crippen molar-refractivity contribution in [2.75, 3.05) is 5.88 Å². The maximum absolute atomic E-state index is 5.64. The lowest BCUT2D eigenvalue weighted by molar-refractivity contribution is 1.46. The van der Waals surface area contributed by atoms with Crippen LogP contribution in [0.25, 0.3) is 0 Å². The van der Waals surface area contributed by atoms with Gasteiger partial charge in [0.25, 0.3) is 0 Å². The lowest BCUT2D eigenvalue weighted by atomic mass is 10.4. The molecule has 0 saturated heterocycles. The van der Waals surface area contributed by atoms with Crippen molar-refractivity contribution in [2.24, 2.45) is 0 Å². The van der Waals surface area contributed by atoms with Crippen molar-refractivity contribution in [1.29, 1.82) is 0 Å². The molecule has 0 atom stereocenters. The van der Waals surface area contributed by atoms with E-state index in [0.29, 0.717) is 5.88 Å². The van der Waals surface area contributed by atoms with Gasteiger partial charge < -0.3 is 0 Å². The van der Waals surface area contributed by atoms with E-state index < -0.39 is 0 Å². The number of hydrogen-bond acceptors (Lipinski definition) is 1. The van der Waals surface area contributed by atoms with E-state index in [0.717, 1.165) is 9.80 Å². The van der Waals surface area contributed by atoms with E-state index in [4.69, 9.17) is 23.2 Å². The maximum atomic E-state index is 5.64. The molecule has 0 amide bonds. The van der Waals surface area contributed by atoms with Gasteiger partial charge in [0.05, 0.1) is 5.88 Å². The maximum Gasteiger partial charge on any atom is 0.0546 e. The van der Waals surface area contributed by atoms with Gasteiger partial charge in [-0.3, -0.25) is 0 Å². The summed E-state index contributed by atoms with van der Waals surface area (Å²) < 4.78 is 0. The summed E-state index contributed by atoms with van der Waals surface area (Å²) in [5, 5.41) is 0. The Bertz CT molecular complexity index is 256. The van der Waals surface area contributed by atoms with Gasteiger partial charge in [0.1, 0.15) is 0 Å². The molecule has 0 spiro atoms. The second-order valence-corrected chi connectivity index (χ2v) is 3.81. The first-order valence-corrected chi connectivity index (χ1v) is 5.23. The number of halogens is 2. The molecule has 0 unspecified atom stereocenters. The molecular weight excluding hydrogens is 211 g/mol. The van der Waals surface area contributed by atoms with Gasteiger partial charge in [-0.1, -0.05) is 41.6 Å². The minimum absolute atomic E-state index is 0.461. The van der Waals surface area contributed by atoms with Crippen LogP contribution in [0.3, 0.4) is 0 Å². The van der Waals surface area contributed by atoms with Crippen LogP contribution in [0.15, 0.2) is 45.7 Å². The molecular formula is C9H8Cl2S. The largest absolute Gasteiger partial charge is 0.121 e. The van der Waals surface area contributed by atoms with E-state index in [2.05, 4.69) is 0 Å². The fraction of sp³-hybridized carbons (Fsp3) is 0.111. The first-order chi connectivity index (χ1) is 5.86. The van der Waals surface area contributed by atoms with Crippen molar-refractivity contribution >= 4 is 35.0 Å². The normalized spacial score (nSPS) is 11.7. The van der Waals surface area contributed by atoms with Crippen molar-refractivity contribution in [3.05, 3.63) is 40.8 Å². The molecule has 0 heterocycles. The Morgan fingerprint density at radius 1 is 1.33 bits per heavy atom. The van der Waals surface area contributed by atoms with Gasteiger partial charge in [0, 0.05) is 15.3 Å². The minimum atomic E-state index is 0.461. The summed E-state index contributed by atoms with van der Waals surface area (Å²) in [6.45, 7) is 0. The number of allylic oxidation sites excluding steroid dienone is 1. The molecule has 0 nitrogen and oxygen atoms in total. The molecule has 0 saturated carbocycles. The van der Waals surface area contributed by atoms with Crippen LogP contribution in [0, 0.1) is 0 Å². The van der Waals surface area contributed by atoms with Crippen LogP contribution < -0.4 is 0 Å². The molecule has 0 aliphatic heterocycles. The van der Waals surface area contributed by atoms with Crippen LogP contribution in [-0.2, 0) is 0 Å². The summed E-state index contributed by atoms with van der Waals surface area (Å²) in [6, 6.07) is 10.0. The number of benzene rings is 1. The van der Waals surface area contributed by atoms with Gasteiger partial charge >= 0.3 is 0 Å². The van der Waals surface area contributed by atoms with Crippen molar-refractivity contribution in [3.63, 3.8) is 0 Å². The average molecular weight is 219 g/mol. The lowest BCUT2D eigenvalue weighted by Crippen LogP contribution is -1.76. The van der Waals surface area contributed by atoms with E-state index in [1.165, 1.54) is 5.54 Å². The van der Waals surface area contributed by atoms with E-state index in [1.807, 2.05) is 30.3 Å². The van der Waals surface area contributed by atoms with Gasteiger partial charge in [-0.2, -0.15) is 0 Å². The molecule has 12 heavy (non-hydrogen) atoms. The summed E-state index contributed by atoms with van der Waals surface area (Å²) in [7, 11) is 0. The van der Waals surface area contributed by atoms with Crippen molar-refractivity contribution in [2.45, 2.75) is 4.90 Å². The third-order valence-corrected chi connectivity index (χ3v) is 3.12. The first kappa shape index (κ1) is 9.97. The Labute approximate surface area is 86.6 Å². The van der Waals surface area contributed by atoms with Crippen molar-refractivity contribution in [1.82, 2.24) is 0 Å². The van der Waals surface area contributed by atoms with Crippen LogP contribution in [0.2, 0.25) is 0 Å². The molecule has 0 aliphatic rings. The minimum Gasteiger partial charge on any atom is -0.121 e. The molecule has 0 N–H and O–H groups in total. The average Bonchev–Trinajstić information content (AvgIpc) is 2.16. The Morgan fingerprint density at radius 3 is 2.50 bits per heavy atom. The second kappa shape index (κ2) is 5.52. The number of alkyl halides is 1. The predicted molar refractivity (Wildman–Crippen MR) is 57.0 cm³/mol. The highest BCUT2D eigenvalue weighted by molar-refractivity contribution is 8.03. The smallest absolute Gasteiger partial charge is 0.0546 e. The Morgan fingerprint density at radius 2 is 2.00 bits per heavy atom. The molecule has 0 aromatic heterocycles. The summed E-state index contributed by atoms with van der Waals surface area (Å²) in [5.41, 5.74) is 1.52. The number of rotatable bonds is 3. The highest BCUT2D eigenvalue weighted by Gasteiger charge is 1.97. The third-order valence-electron chi connectivity index (χ3n) is 1.25. The fourth-order valence-electron chi connectivity index (χ4n) is 0.719. The zero-order chi connectivity index (χ0) is 8.81. The monoisotopic (exact) mass is 218 g/mol. The van der Waals surface area contributed by atoms with E-state index in [9.17, 15) is 0 Å². The lowest BCUT2D eigenvalue weighted by Gasteiger charge is -2.00. The Hall–Kier alpha value is -0.110. The molecule has 0 radical (unpaired) electrons. The van der Waals surface area contributed by atoms with E-state index >= 15 is 0 Å². The third kappa shape index (κ3) is 3.10. The topological polar surface area (TPSA) is 0 Å². The van der Waals surface area contributed by atoms with E-state index in [-0.39, 0.29) is 0 Å². The predicted octanol–water partition coefficient (Wildman–Crippen LogP) is 4.10. The van der Waals surface area contributed by atoms with Crippen molar-refractivity contribution in [3.8, 4) is 0 Å². The summed E-state index contributed by atoms with van der Waals surface area (Å²) in [4.78, 5) is 2.12.